The topological polar surface area (TPSA) is 84.9 Å². The first-order chi connectivity index (χ1) is 13.3. The van der Waals surface area contributed by atoms with Crippen LogP contribution in [0.5, 0.6) is 5.75 Å². The maximum atomic E-state index is 12.9. The van der Waals surface area contributed by atoms with E-state index in [9.17, 15) is 13.2 Å². The molecule has 2 aromatic carbocycles. The second kappa shape index (κ2) is 8.48. The summed E-state index contributed by atoms with van der Waals surface area (Å²) in [4.78, 5) is 12.7. The average molecular weight is 425 g/mol. The molecule has 0 aliphatic carbocycles. The van der Waals surface area contributed by atoms with Gasteiger partial charge in [-0.3, -0.25) is 4.79 Å². The molecule has 1 N–H and O–H groups in total. The van der Waals surface area contributed by atoms with E-state index in [1.807, 2.05) is 6.92 Å². The van der Waals surface area contributed by atoms with Gasteiger partial charge in [0.15, 0.2) is 0 Å². The molecule has 9 heteroatoms. The second-order valence-electron chi connectivity index (χ2n) is 6.32. The van der Waals surface area contributed by atoms with Gasteiger partial charge in [-0.1, -0.05) is 17.7 Å². The van der Waals surface area contributed by atoms with Crippen LogP contribution < -0.4 is 10.1 Å². The molecule has 1 heterocycles. The highest BCUT2D eigenvalue weighted by molar-refractivity contribution is 7.89. The maximum absolute atomic E-state index is 12.9. The smallest absolute Gasteiger partial charge is 0.257 e. The summed E-state index contributed by atoms with van der Waals surface area (Å²) >= 11 is 6.16. The van der Waals surface area contributed by atoms with Crippen LogP contribution in [-0.4, -0.2) is 52.0 Å². The van der Waals surface area contributed by atoms with E-state index in [1.165, 1.54) is 29.6 Å². The standard InChI is InChI=1S/C19H21ClN2O5S/c1-13-3-5-15(16(20)11-13)19(23)21-17-12-14(4-6-18(17)26-2)28(24,25)22-7-9-27-10-8-22/h3-6,11-12H,7-10H2,1-2H3,(H,21,23). The van der Waals surface area contributed by atoms with Crippen molar-refractivity contribution < 1.29 is 22.7 Å². The summed E-state index contributed by atoms with van der Waals surface area (Å²) in [5, 5.41) is 3.01. The highest BCUT2D eigenvalue weighted by atomic mass is 35.5. The zero-order valence-corrected chi connectivity index (χ0v) is 17.1. The third-order valence-electron chi connectivity index (χ3n) is 4.40. The number of hydrogen-bond acceptors (Lipinski definition) is 5. The number of halogens is 1. The number of carbonyl (C=O) groups excluding carboxylic acids is 1. The number of morpholine rings is 1. The molecule has 0 radical (unpaired) electrons. The summed E-state index contributed by atoms with van der Waals surface area (Å²) in [5.41, 5.74) is 1.46. The van der Waals surface area contributed by atoms with Gasteiger partial charge in [-0.15, -0.1) is 0 Å². The van der Waals surface area contributed by atoms with Gasteiger partial charge in [0.05, 0.1) is 41.5 Å². The number of carbonyl (C=O) groups is 1. The first kappa shape index (κ1) is 20.6. The van der Waals surface area contributed by atoms with Crippen molar-refractivity contribution in [2.75, 3.05) is 38.7 Å². The van der Waals surface area contributed by atoms with Crippen molar-refractivity contribution in [3.63, 3.8) is 0 Å². The minimum absolute atomic E-state index is 0.0699. The van der Waals surface area contributed by atoms with Crippen LogP contribution in [0.25, 0.3) is 0 Å². The number of methoxy groups -OCH3 is 1. The third-order valence-corrected chi connectivity index (χ3v) is 6.60. The van der Waals surface area contributed by atoms with Crippen LogP contribution in [0.4, 0.5) is 5.69 Å². The van der Waals surface area contributed by atoms with Crippen LogP contribution in [0.3, 0.4) is 0 Å². The number of anilines is 1. The summed E-state index contributed by atoms with van der Waals surface area (Å²) in [6.45, 7) is 3.15. The molecule has 0 unspecified atom stereocenters. The fourth-order valence-electron chi connectivity index (χ4n) is 2.88. The number of hydrogen-bond donors (Lipinski definition) is 1. The Morgan fingerprint density at radius 2 is 1.89 bits per heavy atom. The number of aryl methyl sites for hydroxylation is 1. The molecule has 1 saturated heterocycles. The van der Waals surface area contributed by atoms with Gasteiger partial charge in [0.2, 0.25) is 10.0 Å². The minimum atomic E-state index is -3.70. The number of sulfonamides is 1. The Kier molecular flexibility index (Phi) is 6.24. The highest BCUT2D eigenvalue weighted by Crippen LogP contribution is 2.30. The second-order valence-corrected chi connectivity index (χ2v) is 8.66. The average Bonchev–Trinajstić information content (AvgIpc) is 2.68. The van der Waals surface area contributed by atoms with Crippen LogP contribution in [-0.2, 0) is 14.8 Å². The van der Waals surface area contributed by atoms with Crippen LogP contribution in [0, 0.1) is 6.92 Å². The van der Waals surface area contributed by atoms with Crippen molar-refractivity contribution in [3.8, 4) is 5.75 Å². The van der Waals surface area contributed by atoms with E-state index in [-0.39, 0.29) is 29.2 Å². The molecule has 0 atom stereocenters. The molecule has 150 valence electrons. The summed E-state index contributed by atoms with van der Waals surface area (Å²) in [6.07, 6.45) is 0. The van der Waals surface area contributed by atoms with E-state index >= 15 is 0 Å². The van der Waals surface area contributed by atoms with Gasteiger partial charge in [-0.05, 0) is 42.8 Å². The molecule has 2 aromatic rings. The summed E-state index contributed by atoms with van der Waals surface area (Å²) in [6, 6.07) is 9.44. The number of benzene rings is 2. The van der Waals surface area contributed by atoms with Gasteiger partial charge < -0.3 is 14.8 Å². The molecule has 28 heavy (non-hydrogen) atoms. The van der Waals surface area contributed by atoms with Gasteiger partial charge in [0, 0.05) is 13.1 Å². The van der Waals surface area contributed by atoms with Crippen LogP contribution >= 0.6 is 11.6 Å². The molecule has 1 aliphatic heterocycles. The Hall–Kier alpha value is -2.13. The van der Waals surface area contributed by atoms with Gasteiger partial charge in [0.1, 0.15) is 5.75 Å². The van der Waals surface area contributed by atoms with Crippen molar-refractivity contribution in [3.05, 3.63) is 52.5 Å². The zero-order valence-electron chi connectivity index (χ0n) is 15.6. The van der Waals surface area contributed by atoms with E-state index < -0.39 is 15.9 Å². The Balaban J connectivity index is 1.92. The molecular formula is C19H21ClN2O5S. The molecule has 1 amide bonds. The first-order valence-corrected chi connectivity index (χ1v) is 10.5. The van der Waals surface area contributed by atoms with Crippen molar-refractivity contribution in [1.82, 2.24) is 4.31 Å². The fraction of sp³-hybridized carbons (Fsp3) is 0.316. The summed E-state index contributed by atoms with van der Waals surface area (Å²) < 4.78 is 37.6. The minimum Gasteiger partial charge on any atom is -0.495 e. The Labute approximate surface area is 169 Å². The molecule has 1 fully saturated rings. The van der Waals surface area contributed by atoms with Gasteiger partial charge in [-0.25, -0.2) is 8.42 Å². The molecule has 0 spiro atoms. The Morgan fingerprint density at radius 1 is 1.18 bits per heavy atom. The number of amides is 1. The Bertz CT molecular complexity index is 988. The zero-order chi connectivity index (χ0) is 20.3. The van der Waals surface area contributed by atoms with Crippen LogP contribution in [0.1, 0.15) is 15.9 Å². The summed E-state index contributed by atoms with van der Waals surface area (Å²) in [7, 11) is -2.26. The number of nitrogens with one attached hydrogen (secondary N) is 1. The molecule has 0 aromatic heterocycles. The normalized spacial score (nSPS) is 15.2. The number of nitrogens with zero attached hydrogens (tertiary/aromatic N) is 1. The quantitative estimate of drug-likeness (QED) is 0.797. The molecule has 3 rings (SSSR count). The van der Waals surface area contributed by atoms with Crippen molar-refractivity contribution >= 4 is 33.2 Å². The molecule has 1 aliphatic rings. The van der Waals surface area contributed by atoms with Crippen molar-refractivity contribution in [2.45, 2.75) is 11.8 Å². The number of ether oxygens (including phenoxy) is 2. The van der Waals surface area contributed by atoms with E-state index in [1.54, 1.807) is 18.2 Å². The van der Waals surface area contributed by atoms with Crippen molar-refractivity contribution in [2.24, 2.45) is 0 Å². The monoisotopic (exact) mass is 424 g/mol. The van der Waals surface area contributed by atoms with Crippen molar-refractivity contribution in [1.29, 1.82) is 0 Å². The SMILES string of the molecule is COc1ccc(S(=O)(=O)N2CCOCC2)cc1NC(=O)c1ccc(C)cc1Cl. The first-order valence-electron chi connectivity index (χ1n) is 8.66. The molecule has 7 nitrogen and oxygen atoms in total. The van der Waals surface area contributed by atoms with Gasteiger partial charge in [-0.2, -0.15) is 4.31 Å². The van der Waals surface area contributed by atoms with E-state index in [0.717, 1.165) is 5.56 Å². The van der Waals surface area contributed by atoms with Gasteiger partial charge in [0.25, 0.3) is 5.91 Å². The lowest BCUT2D eigenvalue weighted by atomic mass is 10.1. The summed E-state index contributed by atoms with van der Waals surface area (Å²) in [5.74, 6) is -0.110. The largest absolute Gasteiger partial charge is 0.495 e. The maximum Gasteiger partial charge on any atom is 0.257 e. The van der Waals surface area contributed by atoms with Crippen LogP contribution in [0.2, 0.25) is 5.02 Å². The lowest BCUT2D eigenvalue weighted by Gasteiger charge is -2.26. The van der Waals surface area contributed by atoms with E-state index in [2.05, 4.69) is 5.32 Å². The van der Waals surface area contributed by atoms with E-state index in [4.69, 9.17) is 21.1 Å². The molecule has 0 bridgehead atoms. The lowest BCUT2D eigenvalue weighted by molar-refractivity contribution is 0.0730. The number of rotatable bonds is 5. The Morgan fingerprint density at radius 3 is 2.54 bits per heavy atom. The predicted octanol–water partition coefficient (Wildman–Crippen LogP) is 2.93. The lowest BCUT2D eigenvalue weighted by Crippen LogP contribution is -2.40. The van der Waals surface area contributed by atoms with E-state index in [0.29, 0.717) is 24.0 Å². The van der Waals surface area contributed by atoms with Crippen LogP contribution in [0.15, 0.2) is 41.3 Å². The highest BCUT2D eigenvalue weighted by Gasteiger charge is 2.27. The molecular weight excluding hydrogens is 404 g/mol. The predicted molar refractivity (Wildman–Crippen MR) is 107 cm³/mol. The fourth-order valence-corrected chi connectivity index (χ4v) is 4.63. The third kappa shape index (κ3) is 4.30. The molecule has 0 saturated carbocycles. The van der Waals surface area contributed by atoms with Gasteiger partial charge >= 0.3 is 0 Å².